The van der Waals surface area contributed by atoms with Gasteiger partial charge in [-0.05, 0) is 18.8 Å². The number of rotatable bonds is 6. The average molecular weight is 143 g/mol. The highest BCUT2D eigenvalue weighted by Gasteiger charge is 1.92. The van der Waals surface area contributed by atoms with Gasteiger partial charge in [-0.25, -0.2) is 0 Å². The first-order chi connectivity index (χ1) is 4.77. The Bertz CT molecular complexity index is 59.7. The Morgan fingerprint density at radius 2 is 2.10 bits per heavy atom. The van der Waals surface area contributed by atoms with Gasteiger partial charge < -0.3 is 4.74 Å². The monoisotopic (exact) mass is 143 g/mol. The molecule has 0 aromatic carbocycles. The van der Waals surface area contributed by atoms with E-state index in [0.29, 0.717) is 0 Å². The Morgan fingerprint density at radius 1 is 1.40 bits per heavy atom. The van der Waals surface area contributed by atoms with Crippen molar-refractivity contribution in [1.29, 1.82) is 0 Å². The number of ether oxygens (including phenoxy) is 1. The van der Waals surface area contributed by atoms with Gasteiger partial charge in [0, 0.05) is 6.61 Å². The minimum atomic E-state index is 0.759. The van der Waals surface area contributed by atoms with Crippen LogP contribution in [0.25, 0.3) is 0 Å². The molecule has 0 saturated carbocycles. The van der Waals surface area contributed by atoms with Crippen LogP contribution in [-0.4, -0.2) is 6.61 Å². The Labute approximate surface area is 64.8 Å². The summed E-state index contributed by atoms with van der Waals surface area (Å²) >= 11 is 0. The fourth-order valence-corrected chi connectivity index (χ4v) is 0.588. The number of hydrogen-bond acceptors (Lipinski definition) is 1. The maximum Gasteiger partial charge on any atom is 0.0836 e. The predicted molar refractivity (Wildman–Crippen MR) is 44.6 cm³/mol. The Kier molecular flexibility index (Phi) is 7.04. The zero-order valence-electron chi connectivity index (χ0n) is 7.39. The van der Waals surface area contributed by atoms with Crippen molar-refractivity contribution >= 4 is 0 Å². The molecule has 0 amide bonds. The molecule has 0 aliphatic heterocycles. The summed E-state index contributed by atoms with van der Waals surface area (Å²) in [5, 5.41) is 0. The van der Waals surface area contributed by atoms with Gasteiger partial charge in [-0.1, -0.05) is 27.2 Å². The lowest BCUT2D eigenvalue weighted by atomic mass is 10.1. The standard InChI is InChI=1S/C9H19O/c1-4-5-7-10-8-6-9(2)3/h7,9H,4-6,8H2,1-3H3. The van der Waals surface area contributed by atoms with Crippen molar-refractivity contribution in [3.05, 3.63) is 6.61 Å². The molecule has 0 spiro atoms. The van der Waals surface area contributed by atoms with Crippen LogP contribution in [0.2, 0.25) is 0 Å². The van der Waals surface area contributed by atoms with E-state index in [1.54, 1.807) is 0 Å². The van der Waals surface area contributed by atoms with Crippen LogP contribution in [0.5, 0.6) is 0 Å². The van der Waals surface area contributed by atoms with Gasteiger partial charge in [0.2, 0.25) is 0 Å². The minimum absolute atomic E-state index is 0.759. The second-order valence-electron chi connectivity index (χ2n) is 3.01. The van der Waals surface area contributed by atoms with Crippen molar-refractivity contribution in [2.24, 2.45) is 5.92 Å². The van der Waals surface area contributed by atoms with Gasteiger partial charge in [-0.2, -0.15) is 0 Å². The summed E-state index contributed by atoms with van der Waals surface area (Å²) in [4.78, 5) is 0. The smallest absolute Gasteiger partial charge is 0.0836 e. The molecule has 61 valence electrons. The highest BCUT2D eigenvalue weighted by atomic mass is 16.5. The van der Waals surface area contributed by atoms with Gasteiger partial charge in [-0.15, -0.1) is 0 Å². The molecule has 0 bridgehead atoms. The van der Waals surface area contributed by atoms with E-state index < -0.39 is 0 Å². The summed E-state index contributed by atoms with van der Waals surface area (Å²) in [5.74, 6) is 0.759. The lowest BCUT2D eigenvalue weighted by Gasteiger charge is -2.04. The molecular weight excluding hydrogens is 124 g/mol. The van der Waals surface area contributed by atoms with Crippen molar-refractivity contribution in [3.8, 4) is 0 Å². The van der Waals surface area contributed by atoms with E-state index in [-0.39, 0.29) is 0 Å². The molecule has 0 aromatic heterocycles. The summed E-state index contributed by atoms with van der Waals surface area (Å²) in [6, 6.07) is 0. The van der Waals surface area contributed by atoms with Crippen LogP contribution in [-0.2, 0) is 4.74 Å². The van der Waals surface area contributed by atoms with Gasteiger partial charge in [0.1, 0.15) is 0 Å². The molecule has 0 unspecified atom stereocenters. The van der Waals surface area contributed by atoms with E-state index in [4.69, 9.17) is 4.74 Å². The Balaban J connectivity index is 2.77. The minimum Gasteiger partial charge on any atom is -0.376 e. The topological polar surface area (TPSA) is 9.23 Å². The number of hydrogen-bond donors (Lipinski definition) is 0. The Hall–Kier alpha value is -0.0400. The highest BCUT2D eigenvalue weighted by molar-refractivity contribution is 4.49. The molecule has 0 rings (SSSR count). The lowest BCUT2D eigenvalue weighted by Crippen LogP contribution is -1.96. The first-order valence-electron chi connectivity index (χ1n) is 4.20. The lowest BCUT2D eigenvalue weighted by molar-refractivity contribution is 0.177. The zero-order valence-corrected chi connectivity index (χ0v) is 7.39. The van der Waals surface area contributed by atoms with Gasteiger partial charge in [0.25, 0.3) is 0 Å². The van der Waals surface area contributed by atoms with Crippen LogP contribution in [0.4, 0.5) is 0 Å². The van der Waals surface area contributed by atoms with E-state index in [0.717, 1.165) is 18.9 Å². The summed E-state index contributed by atoms with van der Waals surface area (Å²) in [6.45, 7) is 9.38. The van der Waals surface area contributed by atoms with Crippen LogP contribution in [0.1, 0.15) is 40.0 Å². The van der Waals surface area contributed by atoms with Crippen LogP contribution < -0.4 is 0 Å². The van der Waals surface area contributed by atoms with E-state index in [2.05, 4.69) is 20.8 Å². The van der Waals surface area contributed by atoms with Crippen molar-refractivity contribution < 1.29 is 4.74 Å². The molecule has 1 nitrogen and oxygen atoms in total. The van der Waals surface area contributed by atoms with E-state index in [1.165, 1.54) is 12.8 Å². The summed E-state index contributed by atoms with van der Waals surface area (Å²) in [5.41, 5.74) is 0. The highest BCUT2D eigenvalue weighted by Crippen LogP contribution is 2.01. The van der Waals surface area contributed by atoms with Crippen molar-refractivity contribution in [1.82, 2.24) is 0 Å². The average Bonchev–Trinajstić information content (AvgIpc) is 1.87. The largest absolute Gasteiger partial charge is 0.376 e. The third-order valence-corrected chi connectivity index (χ3v) is 1.34. The molecule has 0 fully saturated rings. The molecule has 10 heavy (non-hydrogen) atoms. The van der Waals surface area contributed by atoms with Crippen LogP contribution in [0.3, 0.4) is 0 Å². The van der Waals surface area contributed by atoms with Crippen molar-refractivity contribution in [2.75, 3.05) is 6.61 Å². The maximum absolute atomic E-state index is 5.26. The molecule has 0 aliphatic rings. The molecule has 0 N–H and O–H groups in total. The molecule has 1 radical (unpaired) electrons. The SMILES string of the molecule is CCC[CH]OCCC(C)C. The summed E-state index contributed by atoms with van der Waals surface area (Å²) < 4.78 is 5.26. The van der Waals surface area contributed by atoms with Gasteiger partial charge in [0.05, 0.1) is 6.61 Å². The summed E-state index contributed by atoms with van der Waals surface area (Å²) in [7, 11) is 0. The first kappa shape index (κ1) is 9.96. The number of unbranched alkanes of at least 4 members (excludes halogenated alkanes) is 1. The van der Waals surface area contributed by atoms with E-state index in [9.17, 15) is 0 Å². The zero-order chi connectivity index (χ0) is 7.82. The third-order valence-electron chi connectivity index (χ3n) is 1.34. The molecule has 1 heteroatoms. The van der Waals surface area contributed by atoms with Gasteiger partial charge in [0.15, 0.2) is 0 Å². The quantitative estimate of drug-likeness (QED) is 0.519. The van der Waals surface area contributed by atoms with Crippen molar-refractivity contribution in [2.45, 2.75) is 40.0 Å². The van der Waals surface area contributed by atoms with Crippen LogP contribution in [0, 0.1) is 12.5 Å². The summed E-state index contributed by atoms with van der Waals surface area (Å²) in [6.07, 6.45) is 3.43. The fourth-order valence-electron chi connectivity index (χ4n) is 0.588. The predicted octanol–water partition coefficient (Wildman–Crippen LogP) is 3.01. The molecule has 0 saturated heterocycles. The molecular formula is C9H19O. The Morgan fingerprint density at radius 3 is 2.60 bits per heavy atom. The second-order valence-corrected chi connectivity index (χ2v) is 3.01. The maximum atomic E-state index is 5.26. The van der Waals surface area contributed by atoms with Crippen LogP contribution in [0.15, 0.2) is 0 Å². The first-order valence-corrected chi connectivity index (χ1v) is 4.20. The molecule has 0 atom stereocenters. The van der Waals surface area contributed by atoms with Crippen LogP contribution >= 0.6 is 0 Å². The third kappa shape index (κ3) is 7.96. The van der Waals surface area contributed by atoms with Gasteiger partial charge >= 0.3 is 0 Å². The van der Waals surface area contributed by atoms with Crippen molar-refractivity contribution in [3.63, 3.8) is 0 Å². The van der Waals surface area contributed by atoms with E-state index >= 15 is 0 Å². The second kappa shape index (κ2) is 7.07. The molecule has 0 aromatic rings. The molecule has 0 heterocycles. The van der Waals surface area contributed by atoms with Gasteiger partial charge in [-0.3, -0.25) is 0 Å². The molecule has 0 aliphatic carbocycles. The van der Waals surface area contributed by atoms with E-state index in [1.807, 2.05) is 6.61 Å². The fraction of sp³-hybridized carbons (Fsp3) is 0.889. The normalized spacial score (nSPS) is 10.8.